The SMILES string of the molecule is CCCC(C)(C)NC(=O)Nc1ccc(CN)cc1. The van der Waals surface area contributed by atoms with Crippen molar-refractivity contribution in [2.24, 2.45) is 5.73 Å². The standard InChI is InChI=1S/C14H23N3O/c1-4-9-14(2,3)17-13(18)16-12-7-5-11(10-15)6-8-12/h5-8H,4,9-10,15H2,1-3H3,(H2,16,17,18). The average molecular weight is 249 g/mol. The maximum absolute atomic E-state index is 11.8. The number of hydrogen-bond donors (Lipinski definition) is 3. The topological polar surface area (TPSA) is 67.2 Å². The second kappa shape index (κ2) is 6.40. The van der Waals surface area contributed by atoms with Gasteiger partial charge in [0.15, 0.2) is 0 Å². The van der Waals surface area contributed by atoms with Crippen molar-refractivity contribution in [3.63, 3.8) is 0 Å². The third-order valence-electron chi connectivity index (χ3n) is 2.77. The number of rotatable bonds is 5. The Morgan fingerprint density at radius 1 is 1.28 bits per heavy atom. The summed E-state index contributed by atoms with van der Waals surface area (Å²) in [5, 5.41) is 5.78. The van der Waals surface area contributed by atoms with Crippen molar-refractivity contribution in [3.8, 4) is 0 Å². The number of nitrogens with one attached hydrogen (secondary N) is 2. The van der Waals surface area contributed by atoms with Gasteiger partial charge in [0.25, 0.3) is 0 Å². The highest BCUT2D eigenvalue weighted by Gasteiger charge is 2.18. The number of anilines is 1. The molecular weight excluding hydrogens is 226 g/mol. The highest BCUT2D eigenvalue weighted by atomic mass is 16.2. The van der Waals surface area contributed by atoms with Gasteiger partial charge >= 0.3 is 6.03 Å². The highest BCUT2D eigenvalue weighted by molar-refractivity contribution is 5.89. The Bertz CT molecular complexity index is 385. The van der Waals surface area contributed by atoms with Crippen molar-refractivity contribution in [2.45, 2.75) is 45.7 Å². The Morgan fingerprint density at radius 2 is 1.89 bits per heavy atom. The summed E-state index contributed by atoms with van der Waals surface area (Å²) < 4.78 is 0. The fourth-order valence-corrected chi connectivity index (χ4v) is 1.88. The van der Waals surface area contributed by atoms with E-state index in [-0.39, 0.29) is 11.6 Å². The molecule has 0 unspecified atom stereocenters. The van der Waals surface area contributed by atoms with Gasteiger partial charge in [-0.05, 0) is 38.0 Å². The van der Waals surface area contributed by atoms with E-state index >= 15 is 0 Å². The van der Waals surface area contributed by atoms with E-state index in [1.165, 1.54) is 0 Å². The molecule has 1 rings (SSSR count). The van der Waals surface area contributed by atoms with Crippen LogP contribution < -0.4 is 16.4 Å². The molecule has 4 heteroatoms. The Labute approximate surface area is 109 Å². The third kappa shape index (κ3) is 4.75. The lowest BCUT2D eigenvalue weighted by Crippen LogP contribution is -2.45. The number of carbonyl (C=O) groups is 1. The number of nitrogens with two attached hydrogens (primary N) is 1. The lowest BCUT2D eigenvalue weighted by Gasteiger charge is -2.25. The van der Waals surface area contributed by atoms with Crippen molar-refractivity contribution in [1.82, 2.24) is 5.32 Å². The largest absolute Gasteiger partial charge is 0.333 e. The molecule has 100 valence electrons. The lowest BCUT2D eigenvalue weighted by molar-refractivity contribution is 0.239. The second-order valence-corrected chi connectivity index (χ2v) is 5.11. The zero-order valence-corrected chi connectivity index (χ0v) is 11.4. The van der Waals surface area contributed by atoms with Crippen molar-refractivity contribution in [1.29, 1.82) is 0 Å². The molecule has 1 aromatic rings. The maximum atomic E-state index is 11.8. The van der Waals surface area contributed by atoms with Gasteiger partial charge in [-0.1, -0.05) is 25.5 Å². The van der Waals surface area contributed by atoms with Crippen LogP contribution in [0.25, 0.3) is 0 Å². The summed E-state index contributed by atoms with van der Waals surface area (Å²) in [5.74, 6) is 0. The van der Waals surface area contributed by atoms with E-state index in [0.717, 1.165) is 24.1 Å². The van der Waals surface area contributed by atoms with Crippen LogP contribution in [0.3, 0.4) is 0 Å². The fraction of sp³-hybridized carbons (Fsp3) is 0.500. The van der Waals surface area contributed by atoms with Crippen LogP contribution in [-0.4, -0.2) is 11.6 Å². The van der Waals surface area contributed by atoms with Crippen molar-refractivity contribution in [3.05, 3.63) is 29.8 Å². The molecule has 0 aromatic heterocycles. The van der Waals surface area contributed by atoms with Crippen LogP contribution in [0.1, 0.15) is 39.2 Å². The smallest absolute Gasteiger partial charge is 0.319 e. The van der Waals surface area contributed by atoms with E-state index in [4.69, 9.17) is 5.73 Å². The fourth-order valence-electron chi connectivity index (χ4n) is 1.88. The summed E-state index contributed by atoms with van der Waals surface area (Å²) in [6, 6.07) is 7.36. The Kier molecular flexibility index (Phi) is 5.16. The van der Waals surface area contributed by atoms with Crippen LogP contribution >= 0.6 is 0 Å². The highest BCUT2D eigenvalue weighted by Crippen LogP contribution is 2.12. The number of benzene rings is 1. The normalized spacial score (nSPS) is 11.1. The lowest BCUT2D eigenvalue weighted by atomic mass is 9.99. The van der Waals surface area contributed by atoms with E-state index in [2.05, 4.69) is 17.6 Å². The molecule has 4 nitrogen and oxygen atoms in total. The second-order valence-electron chi connectivity index (χ2n) is 5.11. The van der Waals surface area contributed by atoms with Crippen LogP contribution in [0.15, 0.2) is 24.3 Å². The van der Waals surface area contributed by atoms with E-state index < -0.39 is 0 Å². The first-order valence-electron chi connectivity index (χ1n) is 6.35. The first-order chi connectivity index (χ1) is 8.46. The molecule has 0 radical (unpaired) electrons. The van der Waals surface area contributed by atoms with Gasteiger partial charge in [-0.3, -0.25) is 0 Å². The van der Waals surface area contributed by atoms with Gasteiger partial charge < -0.3 is 16.4 Å². The molecule has 0 saturated heterocycles. The zero-order chi connectivity index (χ0) is 13.6. The Morgan fingerprint density at radius 3 is 2.39 bits per heavy atom. The number of carbonyl (C=O) groups excluding carboxylic acids is 1. The Hall–Kier alpha value is -1.55. The molecule has 0 bridgehead atoms. The van der Waals surface area contributed by atoms with E-state index in [1.54, 1.807) is 0 Å². The first kappa shape index (κ1) is 14.5. The molecule has 4 N–H and O–H groups in total. The summed E-state index contributed by atoms with van der Waals surface area (Å²) in [7, 11) is 0. The minimum atomic E-state index is -0.184. The third-order valence-corrected chi connectivity index (χ3v) is 2.77. The van der Waals surface area contributed by atoms with Gasteiger partial charge in [0.1, 0.15) is 0 Å². The van der Waals surface area contributed by atoms with Crippen LogP contribution in [0.5, 0.6) is 0 Å². The summed E-state index contributed by atoms with van der Waals surface area (Å²) in [4.78, 5) is 11.8. The molecule has 0 aliphatic rings. The first-order valence-corrected chi connectivity index (χ1v) is 6.35. The van der Waals surface area contributed by atoms with E-state index in [1.807, 2.05) is 38.1 Å². The molecule has 2 amide bonds. The predicted octanol–water partition coefficient (Wildman–Crippen LogP) is 2.85. The minimum absolute atomic E-state index is 0.172. The average Bonchev–Trinajstić information content (AvgIpc) is 2.28. The number of urea groups is 1. The van der Waals surface area contributed by atoms with Crippen LogP contribution in [0, 0.1) is 0 Å². The summed E-state index contributed by atoms with van der Waals surface area (Å²) in [6.45, 7) is 6.66. The van der Waals surface area contributed by atoms with E-state index in [9.17, 15) is 4.79 Å². The van der Waals surface area contributed by atoms with Crippen molar-refractivity contribution >= 4 is 11.7 Å². The van der Waals surface area contributed by atoms with Gasteiger partial charge in [-0.2, -0.15) is 0 Å². The van der Waals surface area contributed by atoms with Crippen LogP contribution in [-0.2, 0) is 6.54 Å². The molecule has 0 atom stereocenters. The predicted molar refractivity (Wildman–Crippen MR) is 75.5 cm³/mol. The molecule has 0 saturated carbocycles. The molecule has 18 heavy (non-hydrogen) atoms. The Balaban J connectivity index is 2.53. The van der Waals surface area contributed by atoms with Gasteiger partial charge in [0.2, 0.25) is 0 Å². The molecule has 1 aromatic carbocycles. The van der Waals surface area contributed by atoms with E-state index in [0.29, 0.717) is 6.54 Å². The molecule has 0 aliphatic heterocycles. The van der Waals surface area contributed by atoms with Crippen LogP contribution in [0.2, 0.25) is 0 Å². The van der Waals surface area contributed by atoms with Gasteiger partial charge in [0, 0.05) is 17.8 Å². The monoisotopic (exact) mass is 249 g/mol. The molecule has 0 aliphatic carbocycles. The molecule has 0 heterocycles. The van der Waals surface area contributed by atoms with Crippen molar-refractivity contribution < 1.29 is 4.79 Å². The zero-order valence-electron chi connectivity index (χ0n) is 11.4. The summed E-state index contributed by atoms with van der Waals surface area (Å²) >= 11 is 0. The van der Waals surface area contributed by atoms with Gasteiger partial charge in [-0.15, -0.1) is 0 Å². The van der Waals surface area contributed by atoms with Crippen LogP contribution in [0.4, 0.5) is 10.5 Å². The van der Waals surface area contributed by atoms with Gasteiger partial charge in [0.05, 0.1) is 0 Å². The van der Waals surface area contributed by atoms with Crippen molar-refractivity contribution in [2.75, 3.05) is 5.32 Å². The molecular formula is C14H23N3O. The number of hydrogen-bond acceptors (Lipinski definition) is 2. The molecule has 0 fully saturated rings. The number of amides is 2. The minimum Gasteiger partial charge on any atom is -0.333 e. The molecule has 0 spiro atoms. The summed E-state index contributed by atoms with van der Waals surface area (Å²) in [6.07, 6.45) is 1.99. The maximum Gasteiger partial charge on any atom is 0.319 e. The summed E-state index contributed by atoms with van der Waals surface area (Å²) in [5.41, 5.74) is 7.16. The quantitative estimate of drug-likeness (QED) is 0.751. The van der Waals surface area contributed by atoms with Gasteiger partial charge in [-0.25, -0.2) is 4.79 Å².